The van der Waals surface area contributed by atoms with Crippen molar-refractivity contribution in [2.75, 3.05) is 12.4 Å². The summed E-state index contributed by atoms with van der Waals surface area (Å²) in [6.07, 6.45) is 2.78. The molecule has 1 atom stereocenters. The second-order valence-corrected chi connectivity index (χ2v) is 6.96. The van der Waals surface area contributed by atoms with Crippen LogP contribution >= 0.6 is 11.8 Å². The van der Waals surface area contributed by atoms with Crippen molar-refractivity contribution in [2.45, 2.75) is 43.5 Å². The highest BCUT2D eigenvalue weighted by atomic mass is 32.2. The highest BCUT2D eigenvalue weighted by Gasteiger charge is 2.16. The van der Waals surface area contributed by atoms with E-state index in [0.29, 0.717) is 16.6 Å². The third-order valence-corrected chi connectivity index (χ3v) is 4.54. The van der Waals surface area contributed by atoms with Crippen LogP contribution in [-0.2, 0) is 11.2 Å². The number of aryl methyl sites for hydroxylation is 1. The summed E-state index contributed by atoms with van der Waals surface area (Å²) in [5.74, 6) is 0.507. The third-order valence-electron chi connectivity index (χ3n) is 3.55. The van der Waals surface area contributed by atoms with Gasteiger partial charge in [-0.05, 0) is 31.9 Å². The minimum absolute atomic E-state index is 0.167. The van der Waals surface area contributed by atoms with E-state index < -0.39 is 5.25 Å². The number of amides is 1. The van der Waals surface area contributed by atoms with Crippen molar-refractivity contribution in [1.82, 2.24) is 9.97 Å². The molecule has 0 saturated carbocycles. The van der Waals surface area contributed by atoms with Crippen molar-refractivity contribution in [3.63, 3.8) is 0 Å². The van der Waals surface area contributed by atoms with Gasteiger partial charge in [0.1, 0.15) is 5.75 Å². The van der Waals surface area contributed by atoms with Gasteiger partial charge in [0.15, 0.2) is 5.16 Å². The molecule has 134 valence electrons. The molecule has 0 fully saturated rings. The number of thioether (sulfide) groups is 1. The number of H-pyrrole nitrogens is 1. The average Bonchev–Trinajstić information content (AvgIpc) is 2.59. The molecule has 1 amide bonds. The number of hydrogen-bond donors (Lipinski definition) is 2. The number of benzene rings is 1. The lowest BCUT2D eigenvalue weighted by Crippen LogP contribution is -2.23. The zero-order valence-corrected chi connectivity index (χ0v) is 15.5. The SMILES string of the molecule is CCCCc1cc(=O)[nH]c(SC(C)C(=O)Nc2cccc(OC)c2)n1. The first kappa shape index (κ1) is 19.1. The Hall–Kier alpha value is -2.28. The van der Waals surface area contributed by atoms with E-state index in [9.17, 15) is 9.59 Å². The minimum Gasteiger partial charge on any atom is -0.497 e. The fourth-order valence-corrected chi connectivity index (χ4v) is 3.02. The van der Waals surface area contributed by atoms with Gasteiger partial charge in [0.2, 0.25) is 5.91 Å². The molecule has 0 aliphatic rings. The first-order valence-electron chi connectivity index (χ1n) is 8.23. The second kappa shape index (κ2) is 9.27. The molecule has 2 aromatic rings. The van der Waals surface area contributed by atoms with Crippen LogP contribution in [0.4, 0.5) is 5.69 Å². The van der Waals surface area contributed by atoms with Crippen LogP contribution in [-0.4, -0.2) is 28.2 Å². The van der Waals surface area contributed by atoms with E-state index in [1.807, 2.05) is 12.1 Å². The lowest BCUT2D eigenvalue weighted by atomic mass is 10.2. The van der Waals surface area contributed by atoms with Gasteiger partial charge in [-0.2, -0.15) is 0 Å². The Labute approximate surface area is 151 Å². The molecule has 6 nitrogen and oxygen atoms in total. The maximum absolute atomic E-state index is 12.4. The standard InChI is InChI=1S/C18H23N3O3S/c1-4-5-7-14-11-16(22)21-18(20-14)25-12(2)17(23)19-13-8-6-9-15(10-13)24-3/h6,8-12H,4-5,7H2,1-3H3,(H,19,23)(H,20,21,22). The molecule has 0 bridgehead atoms. The molecular weight excluding hydrogens is 338 g/mol. The van der Waals surface area contributed by atoms with Gasteiger partial charge in [0.05, 0.1) is 12.4 Å². The van der Waals surface area contributed by atoms with Gasteiger partial charge in [-0.15, -0.1) is 0 Å². The molecular formula is C18H23N3O3S. The first-order valence-corrected chi connectivity index (χ1v) is 9.11. The van der Waals surface area contributed by atoms with Gasteiger partial charge in [0.25, 0.3) is 5.56 Å². The maximum atomic E-state index is 12.4. The molecule has 2 rings (SSSR count). The number of unbranched alkanes of at least 4 members (excludes halogenated alkanes) is 1. The molecule has 2 N–H and O–H groups in total. The topological polar surface area (TPSA) is 84.1 Å². The lowest BCUT2D eigenvalue weighted by molar-refractivity contribution is -0.115. The molecule has 7 heteroatoms. The predicted octanol–water partition coefficient (Wildman–Crippen LogP) is 3.24. The molecule has 0 aliphatic heterocycles. The molecule has 1 heterocycles. The van der Waals surface area contributed by atoms with Crippen molar-refractivity contribution in [3.05, 3.63) is 46.4 Å². The Balaban J connectivity index is 2.02. The number of methoxy groups -OCH3 is 1. The van der Waals surface area contributed by atoms with Crippen molar-refractivity contribution < 1.29 is 9.53 Å². The smallest absolute Gasteiger partial charge is 0.251 e. The van der Waals surface area contributed by atoms with Gasteiger partial charge >= 0.3 is 0 Å². The minimum atomic E-state index is -0.407. The van der Waals surface area contributed by atoms with Crippen molar-refractivity contribution >= 4 is 23.4 Å². The van der Waals surface area contributed by atoms with Gasteiger partial charge in [-0.3, -0.25) is 9.59 Å². The Bertz CT molecular complexity index is 776. The Kier molecular flexibility index (Phi) is 7.06. The van der Waals surface area contributed by atoms with Crippen molar-refractivity contribution in [2.24, 2.45) is 0 Å². The number of aromatic nitrogens is 2. The number of nitrogens with one attached hydrogen (secondary N) is 2. The highest BCUT2D eigenvalue weighted by molar-refractivity contribution is 8.00. The quantitative estimate of drug-likeness (QED) is 0.557. The Morgan fingerprint density at radius 1 is 1.40 bits per heavy atom. The molecule has 0 saturated heterocycles. The number of ether oxygens (including phenoxy) is 1. The third kappa shape index (κ3) is 5.94. The average molecular weight is 361 g/mol. The predicted molar refractivity (Wildman–Crippen MR) is 100 cm³/mol. The first-order chi connectivity index (χ1) is 12.0. The van der Waals surface area contributed by atoms with E-state index in [-0.39, 0.29) is 11.5 Å². The largest absolute Gasteiger partial charge is 0.497 e. The summed E-state index contributed by atoms with van der Waals surface area (Å²) in [6, 6.07) is 8.68. The number of aromatic amines is 1. The van der Waals surface area contributed by atoms with Crippen LogP contribution in [0, 0.1) is 0 Å². The number of carbonyl (C=O) groups is 1. The summed E-state index contributed by atoms with van der Waals surface area (Å²) in [6.45, 7) is 3.87. The summed E-state index contributed by atoms with van der Waals surface area (Å²) in [5, 5.41) is 2.90. The van der Waals surface area contributed by atoms with E-state index in [1.165, 1.54) is 17.8 Å². The highest BCUT2D eigenvalue weighted by Crippen LogP contribution is 2.22. The van der Waals surface area contributed by atoms with Crippen molar-refractivity contribution in [3.8, 4) is 5.75 Å². The molecule has 25 heavy (non-hydrogen) atoms. The molecule has 0 aliphatic carbocycles. The van der Waals surface area contributed by atoms with Gasteiger partial charge in [-0.25, -0.2) is 4.98 Å². The van der Waals surface area contributed by atoms with Gasteiger partial charge in [-0.1, -0.05) is 31.2 Å². The van der Waals surface area contributed by atoms with Crippen molar-refractivity contribution in [1.29, 1.82) is 0 Å². The molecule has 1 unspecified atom stereocenters. The monoisotopic (exact) mass is 361 g/mol. The van der Waals surface area contributed by atoms with Crippen LogP contribution in [0.5, 0.6) is 5.75 Å². The fourth-order valence-electron chi connectivity index (χ4n) is 2.19. The number of carbonyl (C=O) groups excluding carboxylic acids is 1. The molecule has 1 aromatic carbocycles. The van der Waals surface area contributed by atoms with Crippen LogP contribution in [0.1, 0.15) is 32.4 Å². The fraction of sp³-hybridized carbons (Fsp3) is 0.389. The zero-order valence-electron chi connectivity index (χ0n) is 14.7. The summed E-state index contributed by atoms with van der Waals surface area (Å²) in [5.41, 5.74) is 1.23. The summed E-state index contributed by atoms with van der Waals surface area (Å²) < 4.78 is 5.14. The second-order valence-electron chi connectivity index (χ2n) is 5.63. The van der Waals surface area contributed by atoms with E-state index >= 15 is 0 Å². The van der Waals surface area contributed by atoms with Gasteiger partial charge < -0.3 is 15.0 Å². The summed E-state index contributed by atoms with van der Waals surface area (Å²) in [4.78, 5) is 31.3. The Morgan fingerprint density at radius 2 is 2.20 bits per heavy atom. The number of rotatable bonds is 8. The maximum Gasteiger partial charge on any atom is 0.251 e. The number of anilines is 1. The number of hydrogen-bond acceptors (Lipinski definition) is 5. The van der Waals surface area contributed by atoms with Crippen LogP contribution in [0.2, 0.25) is 0 Å². The molecule has 0 radical (unpaired) electrons. The van der Waals surface area contributed by atoms with Gasteiger partial charge in [0, 0.05) is 23.5 Å². The van der Waals surface area contributed by atoms with E-state index in [2.05, 4.69) is 22.2 Å². The molecule has 1 aromatic heterocycles. The Morgan fingerprint density at radius 3 is 2.92 bits per heavy atom. The van der Waals surface area contributed by atoms with E-state index in [4.69, 9.17) is 4.74 Å². The van der Waals surface area contributed by atoms with Crippen LogP contribution in [0.3, 0.4) is 0 Å². The van der Waals surface area contributed by atoms with E-state index in [1.54, 1.807) is 26.2 Å². The zero-order chi connectivity index (χ0) is 18.2. The summed E-state index contributed by atoms with van der Waals surface area (Å²) in [7, 11) is 1.58. The summed E-state index contributed by atoms with van der Waals surface area (Å²) >= 11 is 1.23. The van der Waals surface area contributed by atoms with Crippen LogP contribution in [0.25, 0.3) is 0 Å². The number of nitrogens with zero attached hydrogens (tertiary/aromatic N) is 1. The van der Waals surface area contributed by atoms with Crippen LogP contribution in [0.15, 0.2) is 40.3 Å². The van der Waals surface area contributed by atoms with E-state index in [0.717, 1.165) is 25.0 Å². The van der Waals surface area contributed by atoms with Crippen LogP contribution < -0.4 is 15.6 Å². The lowest BCUT2D eigenvalue weighted by Gasteiger charge is -2.12. The molecule has 0 spiro atoms. The normalized spacial score (nSPS) is 11.8.